The number of rotatable bonds is 12. The molecular formula is C17H26N2O12. The monoisotopic (exact) mass is 450 g/mol. The van der Waals surface area contributed by atoms with E-state index in [1.807, 2.05) is 0 Å². The molecule has 3 saturated heterocycles. The van der Waals surface area contributed by atoms with E-state index in [1.165, 1.54) is 0 Å². The lowest BCUT2D eigenvalue weighted by Gasteiger charge is -2.27. The molecule has 3 heterocycles. The van der Waals surface area contributed by atoms with Crippen molar-refractivity contribution in [2.45, 2.75) is 75.3 Å². The normalized spacial score (nSPS) is 30.9. The summed E-state index contributed by atoms with van der Waals surface area (Å²) in [6, 6.07) is 0. The fourth-order valence-corrected chi connectivity index (χ4v) is 3.79. The number of esters is 1. The van der Waals surface area contributed by atoms with E-state index in [4.69, 9.17) is 23.7 Å². The van der Waals surface area contributed by atoms with Crippen LogP contribution in [-0.4, -0.2) is 79.4 Å². The zero-order chi connectivity index (χ0) is 22.2. The highest BCUT2D eigenvalue weighted by molar-refractivity contribution is 5.69. The van der Waals surface area contributed by atoms with Crippen molar-refractivity contribution in [1.82, 2.24) is 0 Å². The van der Waals surface area contributed by atoms with Crippen LogP contribution in [-0.2, 0) is 38.2 Å². The summed E-state index contributed by atoms with van der Waals surface area (Å²) in [6.45, 7) is 0.554. The van der Waals surface area contributed by atoms with Crippen LogP contribution in [0.4, 0.5) is 0 Å². The minimum absolute atomic E-state index is 0.00490. The minimum Gasteiger partial charge on any atom is -0.457 e. The van der Waals surface area contributed by atoms with E-state index in [0.29, 0.717) is 13.2 Å². The quantitative estimate of drug-likeness (QED) is 0.230. The average molecular weight is 450 g/mol. The first kappa shape index (κ1) is 23.4. The molecule has 176 valence electrons. The smallest absolute Gasteiger partial charge is 0.306 e. The van der Waals surface area contributed by atoms with E-state index >= 15 is 0 Å². The van der Waals surface area contributed by atoms with Gasteiger partial charge in [0.05, 0.1) is 13.2 Å². The summed E-state index contributed by atoms with van der Waals surface area (Å²) < 4.78 is 28.4. The third kappa shape index (κ3) is 7.12. The van der Waals surface area contributed by atoms with Crippen LogP contribution in [0.3, 0.4) is 0 Å². The number of hydrogen-bond donors (Lipinski definition) is 0. The van der Waals surface area contributed by atoms with E-state index < -0.39 is 41.1 Å². The summed E-state index contributed by atoms with van der Waals surface area (Å²) >= 11 is 0. The number of ether oxygens (including phenoxy) is 5. The molecule has 31 heavy (non-hydrogen) atoms. The van der Waals surface area contributed by atoms with Crippen LogP contribution in [0.25, 0.3) is 0 Å². The zero-order valence-corrected chi connectivity index (χ0v) is 16.8. The molecule has 6 atom stereocenters. The molecule has 0 spiro atoms. The third-order valence-electron chi connectivity index (χ3n) is 5.22. The van der Waals surface area contributed by atoms with Crippen molar-refractivity contribution in [3.8, 4) is 0 Å². The fraction of sp³-hybridized carbons (Fsp3) is 0.941. The van der Waals surface area contributed by atoms with Crippen LogP contribution < -0.4 is 0 Å². The van der Waals surface area contributed by atoms with Gasteiger partial charge in [0.2, 0.25) is 0 Å². The molecule has 3 fully saturated rings. The van der Waals surface area contributed by atoms with Gasteiger partial charge >= 0.3 is 5.97 Å². The van der Waals surface area contributed by atoms with Gasteiger partial charge in [0.15, 0.2) is 12.4 Å². The molecule has 0 aromatic rings. The maximum atomic E-state index is 12.2. The van der Waals surface area contributed by atoms with Crippen LogP contribution >= 0.6 is 0 Å². The Hall–Kier alpha value is -2.29. The molecule has 14 heteroatoms. The molecule has 0 amide bonds. The number of hydrogen-bond acceptors (Lipinski definition) is 12. The molecule has 0 aromatic carbocycles. The van der Waals surface area contributed by atoms with Crippen molar-refractivity contribution in [2.24, 2.45) is 0 Å². The predicted molar refractivity (Wildman–Crippen MR) is 96.5 cm³/mol. The summed E-state index contributed by atoms with van der Waals surface area (Å²) in [4.78, 5) is 41.3. The van der Waals surface area contributed by atoms with E-state index in [2.05, 4.69) is 9.68 Å². The first-order valence-electron chi connectivity index (χ1n) is 10.2. The Morgan fingerprint density at radius 1 is 1.03 bits per heavy atom. The Balaban J connectivity index is 1.37. The van der Waals surface area contributed by atoms with Gasteiger partial charge in [0, 0.05) is 13.0 Å². The molecule has 14 nitrogen and oxygen atoms in total. The molecule has 3 aliphatic heterocycles. The summed E-state index contributed by atoms with van der Waals surface area (Å²) in [5, 5.41) is 18.6. The van der Waals surface area contributed by atoms with Crippen LogP contribution in [0.2, 0.25) is 0 Å². The van der Waals surface area contributed by atoms with E-state index in [-0.39, 0.29) is 44.4 Å². The molecule has 3 rings (SSSR count). The molecule has 2 unspecified atom stereocenters. The summed E-state index contributed by atoms with van der Waals surface area (Å²) in [6.07, 6.45) is -0.109. The van der Waals surface area contributed by atoms with Gasteiger partial charge in [-0.2, -0.15) is 0 Å². The Kier molecular flexibility index (Phi) is 8.57. The maximum absolute atomic E-state index is 12.2. The van der Waals surface area contributed by atoms with Gasteiger partial charge < -0.3 is 33.4 Å². The van der Waals surface area contributed by atoms with Gasteiger partial charge in [-0.25, -0.2) is 0 Å². The predicted octanol–water partition coefficient (Wildman–Crippen LogP) is 0.563. The minimum atomic E-state index is -1.16. The molecule has 3 aliphatic rings. The van der Waals surface area contributed by atoms with Gasteiger partial charge in [-0.3, -0.25) is 4.79 Å². The van der Waals surface area contributed by atoms with Crippen molar-refractivity contribution in [3.05, 3.63) is 20.2 Å². The van der Waals surface area contributed by atoms with Crippen molar-refractivity contribution in [3.63, 3.8) is 0 Å². The lowest BCUT2D eigenvalue weighted by atomic mass is 10.1. The van der Waals surface area contributed by atoms with Crippen LogP contribution in [0.5, 0.6) is 0 Å². The molecule has 0 bridgehead atoms. The Morgan fingerprint density at radius 2 is 1.77 bits per heavy atom. The van der Waals surface area contributed by atoms with E-state index in [9.17, 15) is 25.0 Å². The summed E-state index contributed by atoms with van der Waals surface area (Å²) in [5.74, 6) is -0.534. The highest BCUT2D eigenvalue weighted by Gasteiger charge is 2.50. The van der Waals surface area contributed by atoms with Gasteiger partial charge in [0.25, 0.3) is 10.2 Å². The number of carbonyl (C=O) groups excluding carboxylic acids is 1. The lowest BCUT2D eigenvalue weighted by Crippen LogP contribution is -2.38. The van der Waals surface area contributed by atoms with Crippen molar-refractivity contribution in [2.75, 3.05) is 26.4 Å². The number of fused-ring (bicyclic) bond motifs is 1. The third-order valence-corrected chi connectivity index (χ3v) is 5.22. The molecule has 0 aliphatic carbocycles. The maximum Gasteiger partial charge on any atom is 0.306 e. The molecular weight excluding hydrogens is 424 g/mol. The number of nitrogens with zero attached hydrogens (tertiary/aromatic N) is 2. The molecule has 0 N–H and O–H groups in total. The van der Waals surface area contributed by atoms with Gasteiger partial charge in [-0.05, 0) is 32.1 Å². The Bertz CT molecular complexity index is 628. The van der Waals surface area contributed by atoms with Gasteiger partial charge in [-0.15, -0.1) is 20.2 Å². The lowest BCUT2D eigenvalue weighted by molar-refractivity contribution is -0.790. The van der Waals surface area contributed by atoms with E-state index in [1.54, 1.807) is 0 Å². The van der Waals surface area contributed by atoms with Crippen LogP contribution in [0.15, 0.2) is 0 Å². The summed E-state index contributed by atoms with van der Waals surface area (Å²) in [5.41, 5.74) is 0. The molecule has 0 aromatic heterocycles. The van der Waals surface area contributed by atoms with Crippen LogP contribution in [0, 0.1) is 20.2 Å². The largest absolute Gasteiger partial charge is 0.457 e. The highest BCUT2D eigenvalue weighted by atomic mass is 17.0. The first-order chi connectivity index (χ1) is 14.9. The standard InChI is InChI=1S/C17H26N2O12/c20-14(5-3-4-11(31-19(23)24)8-28-18(21)22)29-12-9-26-17-13(10-27-16(12)17)30-15-6-1-2-7-25-15/h11-13,15-17H,1-10H2/t11?,12-,13-,15?,16+,17-/m0/s1. The van der Waals surface area contributed by atoms with Gasteiger partial charge in [-0.1, -0.05) is 0 Å². The fourth-order valence-electron chi connectivity index (χ4n) is 3.79. The zero-order valence-electron chi connectivity index (χ0n) is 16.8. The van der Waals surface area contributed by atoms with Crippen molar-refractivity contribution < 1.29 is 48.3 Å². The average Bonchev–Trinajstić information content (AvgIpc) is 3.30. The summed E-state index contributed by atoms with van der Waals surface area (Å²) in [7, 11) is 0. The topological polar surface area (TPSA) is 168 Å². The van der Waals surface area contributed by atoms with E-state index in [0.717, 1.165) is 19.3 Å². The van der Waals surface area contributed by atoms with Crippen LogP contribution in [0.1, 0.15) is 38.5 Å². The second-order valence-electron chi connectivity index (χ2n) is 7.46. The molecule has 0 saturated carbocycles. The molecule has 0 radical (unpaired) electrons. The van der Waals surface area contributed by atoms with Gasteiger partial charge in [0.1, 0.15) is 31.0 Å². The Labute approximate surface area is 177 Å². The van der Waals surface area contributed by atoms with Crippen molar-refractivity contribution in [1.29, 1.82) is 0 Å². The second kappa shape index (κ2) is 11.4. The number of carbonyl (C=O) groups is 1. The highest BCUT2D eigenvalue weighted by Crippen LogP contribution is 2.32. The Morgan fingerprint density at radius 3 is 2.45 bits per heavy atom. The first-order valence-corrected chi connectivity index (χ1v) is 10.2. The second-order valence-corrected chi connectivity index (χ2v) is 7.46. The van der Waals surface area contributed by atoms with Crippen molar-refractivity contribution >= 4 is 5.97 Å². The SMILES string of the molecule is O=C(CCCC(CO[N+](=O)[O-])O[N+](=O)[O-])O[C@H]1CO[C@@H]2[C@@H]1OC[C@@H]2OC1CCCCO1.